The minimum Gasteiger partial charge on any atom is -0.207 e. The summed E-state index contributed by atoms with van der Waals surface area (Å²) in [6.45, 7) is 1.68. The highest BCUT2D eigenvalue weighted by atomic mass is 35.5. The second kappa shape index (κ2) is 5.91. The number of hydrogen-bond donors (Lipinski definition) is 1. The molecule has 0 saturated carbocycles. The summed E-state index contributed by atoms with van der Waals surface area (Å²) in [7, 11) is -3.91. The van der Waals surface area contributed by atoms with Gasteiger partial charge in [-0.2, -0.15) is 0 Å². The normalized spacial score (nSPS) is 13.2. The van der Waals surface area contributed by atoms with Crippen LogP contribution in [0.2, 0.25) is 5.02 Å². The molecule has 0 unspecified atom stereocenters. The Labute approximate surface area is 122 Å². The van der Waals surface area contributed by atoms with Crippen molar-refractivity contribution >= 4 is 21.6 Å². The van der Waals surface area contributed by atoms with E-state index in [2.05, 4.69) is 4.72 Å². The fourth-order valence-electron chi connectivity index (χ4n) is 1.78. The Morgan fingerprint density at radius 1 is 1.10 bits per heavy atom. The molecule has 0 aromatic heterocycles. The van der Waals surface area contributed by atoms with Gasteiger partial charge in [0.15, 0.2) is 0 Å². The molecule has 1 atom stereocenters. The summed E-state index contributed by atoms with van der Waals surface area (Å²) in [5.41, 5.74) is 0.745. The Balaban J connectivity index is 2.24. The molecule has 2 aromatic carbocycles. The van der Waals surface area contributed by atoms with Crippen molar-refractivity contribution in [2.24, 2.45) is 0 Å². The summed E-state index contributed by atoms with van der Waals surface area (Å²) in [6, 6.07) is 11.6. The first-order valence-corrected chi connectivity index (χ1v) is 7.78. The molecular formula is C14H13ClFNO2S. The number of benzene rings is 2. The fraction of sp³-hybridized carbons (Fsp3) is 0.143. The number of hydrogen-bond acceptors (Lipinski definition) is 2. The molecule has 3 nitrogen and oxygen atoms in total. The van der Waals surface area contributed by atoms with Crippen molar-refractivity contribution < 1.29 is 12.8 Å². The third-order valence-corrected chi connectivity index (χ3v) is 4.65. The lowest BCUT2D eigenvalue weighted by Crippen LogP contribution is -2.27. The van der Waals surface area contributed by atoms with Crippen LogP contribution in [0.15, 0.2) is 53.4 Å². The van der Waals surface area contributed by atoms with Gasteiger partial charge in [-0.25, -0.2) is 17.5 Å². The SMILES string of the molecule is C[C@@H](NS(=O)(=O)c1ccccc1F)c1ccc(Cl)cc1. The average Bonchev–Trinajstić information content (AvgIpc) is 2.39. The lowest BCUT2D eigenvalue weighted by atomic mass is 10.1. The maximum absolute atomic E-state index is 13.6. The van der Waals surface area contributed by atoms with Crippen LogP contribution in [-0.2, 0) is 10.0 Å². The predicted octanol–water partition coefficient (Wildman–Crippen LogP) is 3.52. The van der Waals surface area contributed by atoms with Crippen molar-refractivity contribution in [2.75, 3.05) is 0 Å². The standard InChI is InChI=1S/C14H13ClFNO2S/c1-10(11-6-8-12(15)9-7-11)17-20(18,19)14-5-3-2-4-13(14)16/h2-10,17H,1H3/t10-/m1/s1. The van der Waals surface area contributed by atoms with Crippen molar-refractivity contribution in [1.29, 1.82) is 0 Å². The predicted molar refractivity (Wildman–Crippen MR) is 76.6 cm³/mol. The van der Waals surface area contributed by atoms with Crippen molar-refractivity contribution in [2.45, 2.75) is 17.9 Å². The lowest BCUT2D eigenvalue weighted by molar-refractivity contribution is 0.547. The molecular weight excluding hydrogens is 301 g/mol. The molecule has 106 valence electrons. The number of rotatable bonds is 4. The summed E-state index contributed by atoms with van der Waals surface area (Å²) < 4.78 is 40.2. The van der Waals surface area contributed by atoms with E-state index < -0.39 is 21.9 Å². The number of halogens is 2. The van der Waals surface area contributed by atoms with Gasteiger partial charge < -0.3 is 0 Å². The van der Waals surface area contributed by atoms with E-state index in [1.54, 1.807) is 31.2 Å². The molecule has 0 aliphatic carbocycles. The van der Waals surface area contributed by atoms with Crippen LogP contribution in [0, 0.1) is 5.82 Å². The second-order valence-corrected chi connectivity index (χ2v) is 6.44. The van der Waals surface area contributed by atoms with Crippen molar-refractivity contribution in [3.63, 3.8) is 0 Å². The molecule has 0 saturated heterocycles. The highest BCUT2D eigenvalue weighted by molar-refractivity contribution is 7.89. The van der Waals surface area contributed by atoms with Crippen molar-refractivity contribution in [1.82, 2.24) is 4.72 Å². The molecule has 0 aliphatic heterocycles. The third kappa shape index (κ3) is 3.36. The largest absolute Gasteiger partial charge is 0.244 e. The molecule has 6 heteroatoms. The van der Waals surface area contributed by atoms with Crippen LogP contribution in [0.4, 0.5) is 4.39 Å². The van der Waals surface area contributed by atoms with Gasteiger partial charge >= 0.3 is 0 Å². The number of sulfonamides is 1. The summed E-state index contributed by atoms with van der Waals surface area (Å²) in [5.74, 6) is -0.775. The van der Waals surface area contributed by atoms with Gasteiger partial charge in [-0.05, 0) is 36.8 Å². The Kier molecular flexibility index (Phi) is 4.42. The Morgan fingerprint density at radius 3 is 2.30 bits per heavy atom. The maximum atomic E-state index is 13.6. The Morgan fingerprint density at radius 2 is 1.70 bits per heavy atom. The summed E-state index contributed by atoms with van der Waals surface area (Å²) >= 11 is 5.78. The van der Waals surface area contributed by atoms with Crippen LogP contribution in [0.3, 0.4) is 0 Å². The summed E-state index contributed by atoms with van der Waals surface area (Å²) in [4.78, 5) is -0.360. The molecule has 0 amide bonds. The van der Waals surface area contributed by atoms with Crippen LogP contribution in [0.5, 0.6) is 0 Å². The Bertz CT molecular complexity index is 701. The molecule has 0 aliphatic rings. The average molecular weight is 314 g/mol. The molecule has 0 bridgehead atoms. The van der Waals surface area contributed by atoms with Gasteiger partial charge in [-0.1, -0.05) is 35.9 Å². The topological polar surface area (TPSA) is 46.2 Å². The Hall–Kier alpha value is -1.43. The molecule has 20 heavy (non-hydrogen) atoms. The molecule has 2 rings (SSSR count). The van der Waals surface area contributed by atoms with E-state index in [0.29, 0.717) is 5.02 Å². The van der Waals surface area contributed by atoms with Crippen LogP contribution in [0.25, 0.3) is 0 Å². The highest BCUT2D eigenvalue weighted by Gasteiger charge is 2.21. The minimum atomic E-state index is -3.91. The van der Waals surface area contributed by atoms with E-state index in [9.17, 15) is 12.8 Å². The van der Waals surface area contributed by atoms with Gasteiger partial charge in [0.25, 0.3) is 0 Å². The zero-order valence-corrected chi connectivity index (χ0v) is 12.2. The van der Waals surface area contributed by atoms with Gasteiger partial charge in [-0.15, -0.1) is 0 Å². The smallest absolute Gasteiger partial charge is 0.207 e. The van der Waals surface area contributed by atoms with E-state index in [1.165, 1.54) is 18.2 Å². The first-order chi connectivity index (χ1) is 9.40. The minimum absolute atomic E-state index is 0.360. The van der Waals surface area contributed by atoms with Gasteiger partial charge in [-0.3, -0.25) is 0 Å². The quantitative estimate of drug-likeness (QED) is 0.938. The molecule has 0 heterocycles. The first-order valence-electron chi connectivity index (χ1n) is 5.92. The van der Waals surface area contributed by atoms with Crippen LogP contribution >= 0.6 is 11.6 Å². The molecule has 0 fully saturated rings. The zero-order chi connectivity index (χ0) is 14.8. The van der Waals surface area contributed by atoms with E-state index in [1.807, 2.05) is 0 Å². The molecule has 1 N–H and O–H groups in total. The molecule has 0 radical (unpaired) electrons. The fourth-order valence-corrected chi connectivity index (χ4v) is 3.22. The zero-order valence-electron chi connectivity index (χ0n) is 10.7. The highest BCUT2D eigenvalue weighted by Crippen LogP contribution is 2.20. The van der Waals surface area contributed by atoms with Gasteiger partial charge in [0, 0.05) is 11.1 Å². The summed E-state index contributed by atoms with van der Waals surface area (Å²) in [6.07, 6.45) is 0. The van der Waals surface area contributed by atoms with E-state index in [0.717, 1.165) is 11.6 Å². The van der Waals surface area contributed by atoms with E-state index in [4.69, 9.17) is 11.6 Å². The maximum Gasteiger partial charge on any atom is 0.244 e. The lowest BCUT2D eigenvalue weighted by Gasteiger charge is -2.15. The number of nitrogens with one attached hydrogen (secondary N) is 1. The van der Waals surface area contributed by atoms with Gasteiger partial charge in [0.1, 0.15) is 10.7 Å². The van der Waals surface area contributed by atoms with Gasteiger partial charge in [0.05, 0.1) is 0 Å². The summed E-state index contributed by atoms with van der Waals surface area (Å²) in [5, 5.41) is 0.568. The van der Waals surface area contributed by atoms with Crippen LogP contribution < -0.4 is 4.72 Å². The second-order valence-electron chi connectivity index (χ2n) is 4.32. The molecule has 0 spiro atoms. The van der Waals surface area contributed by atoms with Crippen molar-refractivity contribution in [3.05, 3.63) is 64.9 Å². The third-order valence-electron chi connectivity index (χ3n) is 2.83. The van der Waals surface area contributed by atoms with E-state index in [-0.39, 0.29) is 4.90 Å². The van der Waals surface area contributed by atoms with E-state index >= 15 is 0 Å². The van der Waals surface area contributed by atoms with Crippen LogP contribution in [0.1, 0.15) is 18.5 Å². The van der Waals surface area contributed by atoms with Gasteiger partial charge in [0.2, 0.25) is 10.0 Å². The van der Waals surface area contributed by atoms with Crippen LogP contribution in [-0.4, -0.2) is 8.42 Å². The van der Waals surface area contributed by atoms with Crippen molar-refractivity contribution in [3.8, 4) is 0 Å². The monoisotopic (exact) mass is 313 g/mol. The molecule has 2 aromatic rings. The first kappa shape index (κ1) is 15.0.